The van der Waals surface area contributed by atoms with Gasteiger partial charge in [-0.15, -0.1) is 0 Å². The van der Waals surface area contributed by atoms with Gasteiger partial charge in [0.2, 0.25) is 0 Å². The third kappa shape index (κ3) is 10.4. The van der Waals surface area contributed by atoms with Gasteiger partial charge in [0.1, 0.15) is 0 Å². The summed E-state index contributed by atoms with van der Waals surface area (Å²) in [6.07, 6.45) is 23.6. The first-order valence-corrected chi connectivity index (χ1v) is 12.7. The van der Waals surface area contributed by atoms with E-state index < -0.39 is 0 Å². The van der Waals surface area contributed by atoms with Crippen LogP contribution in [0.2, 0.25) is 0 Å². The fourth-order valence-corrected chi connectivity index (χ4v) is 4.93. The van der Waals surface area contributed by atoms with Crippen LogP contribution in [0, 0.1) is 11.8 Å². The molecule has 1 aliphatic heterocycles. The molecule has 4 nitrogen and oxygen atoms in total. The summed E-state index contributed by atoms with van der Waals surface area (Å²) >= 11 is 0. The molecule has 1 saturated heterocycles. The first-order chi connectivity index (χ1) is 14.7. The van der Waals surface area contributed by atoms with Gasteiger partial charge in [-0.2, -0.15) is 0 Å². The maximum Gasteiger partial charge on any atom is 0.305 e. The van der Waals surface area contributed by atoms with Gasteiger partial charge in [-0.1, -0.05) is 44.8 Å². The molecule has 0 spiro atoms. The van der Waals surface area contributed by atoms with Gasteiger partial charge >= 0.3 is 5.97 Å². The van der Waals surface area contributed by atoms with Crippen LogP contribution in [0.1, 0.15) is 110 Å². The summed E-state index contributed by atoms with van der Waals surface area (Å²) in [6, 6.07) is 0. The van der Waals surface area contributed by atoms with E-state index in [0.717, 1.165) is 50.5 Å². The van der Waals surface area contributed by atoms with Crippen molar-refractivity contribution in [1.29, 1.82) is 0 Å². The van der Waals surface area contributed by atoms with E-state index in [-0.39, 0.29) is 18.4 Å². The van der Waals surface area contributed by atoms with Crippen molar-refractivity contribution < 1.29 is 19.0 Å². The van der Waals surface area contributed by atoms with Gasteiger partial charge in [0.15, 0.2) is 6.29 Å². The highest BCUT2D eigenvalue weighted by Crippen LogP contribution is 2.37. The third-order valence-electron chi connectivity index (χ3n) is 6.80. The normalized spacial score (nSPS) is 25.6. The molecule has 2 fully saturated rings. The van der Waals surface area contributed by atoms with E-state index in [1.165, 1.54) is 71.3 Å². The second kappa shape index (κ2) is 15.9. The third-order valence-corrected chi connectivity index (χ3v) is 6.80. The van der Waals surface area contributed by atoms with Crippen molar-refractivity contribution in [2.75, 3.05) is 13.7 Å². The van der Waals surface area contributed by atoms with Crippen LogP contribution in [0.25, 0.3) is 0 Å². The molecule has 4 heteroatoms. The molecule has 0 aromatic rings. The monoisotopic (exact) mass is 422 g/mol. The van der Waals surface area contributed by atoms with Crippen LogP contribution in [-0.2, 0) is 19.0 Å². The topological polar surface area (TPSA) is 44.8 Å². The fraction of sp³-hybridized carbons (Fsp3) is 0.885. The van der Waals surface area contributed by atoms with E-state index >= 15 is 0 Å². The number of carbonyl (C=O) groups excluding carboxylic acids is 1. The second-order valence-electron chi connectivity index (χ2n) is 9.23. The van der Waals surface area contributed by atoms with Crippen LogP contribution < -0.4 is 0 Å². The highest BCUT2D eigenvalue weighted by molar-refractivity contribution is 5.68. The molecule has 0 bridgehead atoms. The van der Waals surface area contributed by atoms with Gasteiger partial charge in [-0.25, -0.2) is 0 Å². The van der Waals surface area contributed by atoms with Gasteiger partial charge in [-0.05, 0) is 82.5 Å². The minimum Gasteiger partial charge on any atom is -0.469 e. The summed E-state index contributed by atoms with van der Waals surface area (Å²) in [7, 11) is 1.46. The first kappa shape index (κ1) is 25.4. The predicted octanol–water partition coefficient (Wildman–Crippen LogP) is 6.96. The summed E-state index contributed by atoms with van der Waals surface area (Å²) in [5.41, 5.74) is 0. The molecule has 0 N–H and O–H groups in total. The molecule has 1 aliphatic carbocycles. The molecule has 1 heterocycles. The molecule has 2 unspecified atom stereocenters. The SMILES string of the molecule is CCCCCCC=C[C@H]1CCC[C@@H]1CCC(CCCC(=O)OC)OC1CCCCO1. The smallest absolute Gasteiger partial charge is 0.305 e. The zero-order valence-electron chi connectivity index (χ0n) is 19.6. The lowest BCUT2D eigenvalue weighted by Gasteiger charge is -2.29. The summed E-state index contributed by atoms with van der Waals surface area (Å²) < 4.78 is 17.0. The highest BCUT2D eigenvalue weighted by Gasteiger charge is 2.27. The lowest BCUT2D eigenvalue weighted by molar-refractivity contribution is -0.191. The van der Waals surface area contributed by atoms with Crippen molar-refractivity contribution in [2.45, 2.75) is 122 Å². The zero-order chi connectivity index (χ0) is 21.4. The Bertz CT molecular complexity index is 470. The molecule has 0 radical (unpaired) electrons. The quantitative estimate of drug-likeness (QED) is 0.162. The van der Waals surface area contributed by atoms with E-state index in [2.05, 4.69) is 19.1 Å². The largest absolute Gasteiger partial charge is 0.469 e. The molecular weight excluding hydrogens is 376 g/mol. The number of esters is 1. The molecule has 0 amide bonds. The fourth-order valence-electron chi connectivity index (χ4n) is 4.93. The Hall–Kier alpha value is -0.870. The number of hydrogen-bond donors (Lipinski definition) is 0. The van der Waals surface area contributed by atoms with Gasteiger partial charge < -0.3 is 14.2 Å². The van der Waals surface area contributed by atoms with Crippen LogP contribution in [-0.4, -0.2) is 32.1 Å². The maximum atomic E-state index is 11.5. The van der Waals surface area contributed by atoms with E-state index in [1.807, 2.05) is 0 Å². The molecule has 0 aromatic carbocycles. The number of rotatable bonds is 15. The number of unbranched alkanes of at least 4 members (excludes halogenated alkanes) is 4. The summed E-state index contributed by atoms with van der Waals surface area (Å²) in [5.74, 6) is 1.41. The molecule has 0 aromatic heterocycles. The molecule has 2 rings (SSSR count). The number of hydrogen-bond acceptors (Lipinski definition) is 4. The minimum atomic E-state index is -0.123. The molecule has 4 atom stereocenters. The van der Waals surface area contributed by atoms with E-state index in [9.17, 15) is 4.79 Å². The van der Waals surface area contributed by atoms with Gasteiger partial charge in [-0.3, -0.25) is 4.79 Å². The molecule has 1 saturated carbocycles. The van der Waals surface area contributed by atoms with Gasteiger partial charge in [0.25, 0.3) is 0 Å². The maximum absolute atomic E-state index is 11.5. The first-order valence-electron chi connectivity index (χ1n) is 12.7. The van der Waals surface area contributed by atoms with E-state index in [0.29, 0.717) is 6.42 Å². The van der Waals surface area contributed by atoms with Crippen LogP contribution in [0.4, 0.5) is 0 Å². The highest BCUT2D eigenvalue weighted by atomic mass is 16.7. The number of carbonyl (C=O) groups is 1. The Balaban J connectivity index is 1.76. The van der Waals surface area contributed by atoms with Crippen LogP contribution in [0.5, 0.6) is 0 Å². The van der Waals surface area contributed by atoms with Crippen molar-refractivity contribution >= 4 is 5.97 Å². The van der Waals surface area contributed by atoms with Crippen molar-refractivity contribution in [3.8, 4) is 0 Å². The summed E-state index contributed by atoms with van der Waals surface area (Å²) in [6.45, 7) is 3.08. The van der Waals surface area contributed by atoms with Crippen molar-refractivity contribution in [3.05, 3.63) is 12.2 Å². The standard InChI is InChI=1S/C26H46O4/c1-3-4-5-6-7-8-13-22-14-11-15-23(22)19-20-24(16-12-17-25(27)28-2)30-26-18-9-10-21-29-26/h8,13,22-24,26H,3-7,9-12,14-21H2,1-2H3/t22-,23+,24?,26?/m0/s1. The molecular formula is C26H46O4. The zero-order valence-corrected chi connectivity index (χ0v) is 19.6. The van der Waals surface area contributed by atoms with Crippen LogP contribution in [0.15, 0.2) is 12.2 Å². The van der Waals surface area contributed by atoms with Gasteiger partial charge in [0, 0.05) is 13.0 Å². The average molecular weight is 423 g/mol. The van der Waals surface area contributed by atoms with Crippen LogP contribution in [0.3, 0.4) is 0 Å². The van der Waals surface area contributed by atoms with Crippen LogP contribution >= 0.6 is 0 Å². The summed E-state index contributed by atoms with van der Waals surface area (Å²) in [4.78, 5) is 11.5. The Morgan fingerprint density at radius 1 is 1.07 bits per heavy atom. The molecule has 30 heavy (non-hydrogen) atoms. The second-order valence-corrected chi connectivity index (χ2v) is 9.23. The predicted molar refractivity (Wildman–Crippen MR) is 122 cm³/mol. The molecule has 2 aliphatic rings. The van der Waals surface area contributed by atoms with Crippen molar-refractivity contribution in [3.63, 3.8) is 0 Å². The van der Waals surface area contributed by atoms with Crippen molar-refractivity contribution in [1.82, 2.24) is 0 Å². The number of methoxy groups -OCH3 is 1. The lowest BCUT2D eigenvalue weighted by atomic mass is 9.89. The van der Waals surface area contributed by atoms with Crippen molar-refractivity contribution in [2.24, 2.45) is 11.8 Å². The average Bonchev–Trinajstić information content (AvgIpc) is 3.22. The Morgan fingerprint density at radius 3 is 2.73 bits per heavy atom. The Labute approximate surface area is 185 Å². The Morgan fingerprint density at radius 2 is 1.97 bits per heavy atom. The van der Waals surface area contributed by atoms with Gasteiger partial charge in [0.05, 0.1) is 13.2 Å². The van der Waals surface area contributed by atoms with E-state index in [4.69, 9.17) is 14.2 Å². The number of ether oxygens (including phenoxy) is 3. The Kier molecular flexibility index (Phi) is 13.4. The lowest BCUT2D eigenvalue weighted by Crippen LogP contribution is -2.28. The number of allylic oxidation sites excluding steroid dienone is 2. The molecule has 174 valence electrons. The van der Waals surface area contributed by atoms with E-state index in [1.54, 1.807) is 0 Å². The summed E-state index contributed by atoms with van der Waals surface area (Å²) in [5, 5.41) is 0. The minimum absolute atomic E-state index is 0.0516.